The molecule has 1 aliphatic carbocycles. The average Bonchev–Trinajstić information content (AvgIpc) is 3.07. The molecule has 8 heteroatoms. The van der Waals surface area contributed by atoms with Crippen LogP contribution in [-0.4, -0.2) is 54.7 Å². The number of aliphatic carboxylic acids is 1. The van der Waals surface area contributed by atoms with Crippen molar-refractivity contribution in [1.29, 1.82) is 0 Å². The van der Waals surface area contributed by atoms with Crippen LogP contribution in [0.25, 0.3) is 0 Å². The lowest BCUT2D eigenvalue weighted by Gasteiger charge is -2.19. The van der Waals surface area contributed by atoms with Crippen molar-refractivity contribution in [3.63, 3.8) is 0 Å². The number of hydrogen-bond donors (Lipinski definition) is 1. The molecule has 7 nitrogen and oxygen atoms in total. The lowest BCUT2D eigenvalue weighted by molar-refractivity contribution is -0.142. The third-order valence-electron chi connectivity index (χ3n) is 2.47. The number of nitrogens with zero attached hydrogens (tertiary/aromatic N) is 1. The smallest absolute Gasteiger partial charge is 0.318 e. The molecule has 0 aromatic carbocycles. The average molecular weight is 279 g/mol. The summed E-state index contributed by atoms with van der Waals surface area (Å²) >= 11 is 0. The van der Waals surface area contributed by atoms with E-state index in [2.05, 4.69) is 4.74 Å². The second-order valence-electron chi connectivity index (χ2n) is 4.04. The number of carbonyl (C=O) groups is 2. The van der Waals surface area contributed by atoms with Crippen LogP contribution in [-0.2, 0) is 24.3 Å². The fourth-order valence-corrected chi connectivity index (χ4v) is 3.14. The zero-order valence-electron chi connectivity index (χ0n) is 10.2. The highest BCUT2D eigenvalue weighted by Gasteiger charge is 2.38. The Kier molecular flexibility index (Phi) is 5.09. The second-order valence-corrected chi connectivity index (χ2v) is 6.08. The molecule has 0 aliphatic heterocycles. The standard InChI is InChI=1S/C10H17NO6S/c1-2-17-10(14)5-6-18(15,16)11(7-9(12)13)8-3-4-8/h8H,2-7H2,1H3,(H,12,13). The van der Waals surface area contributed by atoms with E-state index in [9.17, 15) is 18.0 Å². The highest BCUT2D eigenvalue weighted by molar-refractivity contribution is 7.89. The summed E-state index contributed by atoms with van der Waals surface area (Å²) in [5, 5.41) is 8.69. The Hall–Kier alpha value is -1.15. The van der Waals surface area contributed by atoms with E-state index in [0.29, 0.717) is 12.8 Å². The predicted octanol–water partition coefficient (Wildman–Crippen LogP) is -0.182. The van der Waals surface area contributed by atoms with Crippen molar-refractivity contribution in [2.45, 2.75) is 32.2 Å². The van der Waals surface area contributed by atoms with Gasteiger partial charge in [0.2, 0.25) is 10.0 Å². The number of carboxylic acid groups (broad SMARTS) is 1. The summed E-state index contributed by atoms with van der Waals surface area (Å²) < 4.78 is 29.4. The van der Waals surface area contributed by atoms with Gasteiger partial charge in [0, 0.05) is 6.04 Å². The SMILES string of the molecule is CCOC(=O)CCS(=O)(=O)N(CC(=O)O)C1CC1. The molecular formula is C10H17NO6S. The van der Waals surface area contributed by atoms with Crippen molar-refractivity contribution in [3.05, 3.63) is 0 Å². The maximum absolute atomic E-state index is 11.9. The maximum Gasteiger partial charge on any atom is 0.318 e. The van der Waals surface area contributed by atoms with Gasteiger partial charge in [0.15, 0.2) is 0 Å². The Labute approximate surface area is 106 Å². The van der Waals surface area contributed by atoms with E-state index in [1.54, 1.807) is 6.92 Å². The summed E-state index contributed by atoms with van der Waals surface area (Å²) in [5.74, 6) is -2.19. The maximum atomic E-state index is 11.9. The van der Waals surface area contributed by atoms with Gasteiger partial charge >= 0.3 is 11.9 Å². The molecule has 0 radical (unpaired) electrons. The number of hydrogen-bond acceptors (Lipinski definition) is 5. The number of carboxylic acids is 1. The number of carbonyl (C=O) groups excluding carboxylic acids is 1. The van der Waals surface area contributed by atoms with Gasteiger partial charge in [-0.25, -0.2) is 8.42 Å². The highest BCUT2D eigenvalue weighted by atomic mass is 32.2. The van der Waals surface area contributed by atoms with Crippen molar-refractivity contribution in [2.24, 2.45) is 0 Å². The molecule has 0 spiro atoms. The van der Waals surface area contributed by atoms with Crippen LogP contribution in [0.1, 0.15) is 26.2 Å². The van der Waals surface area contributed by atoms with E-state index < -0.39 is 34.3 Å². The van der Waals surface area contributed by atoms with Crippen molar-refractivity contribution in [1.82, 2.24) is 4.31 Å². The van der Waals surface area contributed by atoms with Crippen molar-refractivity contribution in [3.8, 4) is 0 Å². The minimum atomic E-state index is -3.72. The van der Waals surface area contributed by atoms with Crippen LogP contribution in [0.3, 0.4) is 0 Å². The fraction of sp³-hybridized carbons (Fsp3) is 0.800. The summed E-state index contributed by atoms with van der Waals surface area (Å²) in [6.07, 6.45) is 1.09. The van der Waals surface area contributed by atoms with Gasteiger partial charge in [-0.05, 0) is 19.8 Å². The molecule has 0 bridgehead atoms. The number of sulfonamides is 1. The molecule has 1 fully saturated rings. The molecule has 1 aliphatic rings. The quantitative estimate of drug-likeness (QED) is 0.618. The fourth-order valence-electron chi connectivity index (χ4n) is 1.51. The summed E-state index contributed by atoms with van der Waals surface area (Å²) in [7, 11) is -3.72. The predicted molar refractivity (Wildman–Crippen MR) is 62.4 cm³/mol. The van der Waals surface area contributed by atoms with Gasteiger partial charge in [0.1, 0.15) is 6.54 Å². The molecule has 1 rings (SSSR count). The number of esters is 1. The van der Waals surface area contributed by atoms with Crippen LogP contribution < -0.4 is 0 Å². The second kappa shape index (κ2) is 6.14. The summed E-state index contributed by atoms with van der Waals surface area (Å²) in [5.41, 5.74) is 0. The van der Waals surface area contributed by atoms with Crippen LogP contribution in [0, 0.1) is 0 Å². The third-order valence-corrected chi connectivity index (χ3v) is 4.33. The van der Waals surface area contributed by atoms with Gasteiger partial charge in [-0.1, -0.05) is 0 Å². The Morgan fingerprint density at radius 2 is 2.00 bits per heavy atom. The van der Waals surface area contributed by atoms with E-state index in [4.69, 9.17) is 5.11 Å². The molecule has 18 heavy (non-hydrogen) atoms. The Balaban J connectivity index is 2.59. The minimum absolute atomic E-state index is 0.195. The summed E-state index contributed by atoms with van der Waals surface area (Å²) in [6, 6.07) is -0.228. The molecule has 0 aromatic heterocycles. The van der Waals surface area contributed by atoms with E-state index >= 15 is 0 Å². The minimum Gasteiger partial charge on any atom is -0.480 e. The first-order valence-electron chi connectivity index (χ1n) is 5.73. The van der Waals surface area contributed by atoms with Crippen LogP contribution in [0.2, 0.25) is 0 Å². The molecule has 1 saturated carbocycles. The Bertz CT molecular complexity index is 414. The van der Waals surface area contributed by atoms with Gasteiger partial charge in [-0.3, -0.25) is 9.59 Å². The van der Waals surface area contributed by atoms with Crippen molar-refractivity contribution >= 4 is 22.0 Å². The number of rotatable bonds is 8. The number of ether oxygens (including phenoxy) is 1. The van der Waals surface area contributed by atoms with Crippen LogP contribution in [0.4, 0.5) is 0 Å². The molecule has 0 unspecified atom stereocenters. The van der Waals surface area contributed by atoms with Crippen LogP contribution in [0.15, 0.2) is 0 Å². The monoisotopic (exact) mass is 279 g/mol. The molecule has 0 saturated heterocycles. The third kappa shape index (κ3) is 4.61. The Morgan fingerprint density at radius 3 is 2.44 bits per heavy atom. The van der Waals surface area contributed by atoms with Gasteiger partial charge in [0.25, 0.3) is 0 Å². The first kappa shape index (κ1) is 14.9. The summed E-state index contributed by atoms with van der Waals surface area (Å²) in [4.78, 5) is 21.7. The lowest BCUT2D eigenvalue weighted by Crippen LogP contribution is -2.39. The van der Waals surface area contributed by atoms with Gasteiger partial charge in [-0.15, -0.1) is 0 Å². The van der Waals surface area contributed by atoms with E-state index in [-0.39, 0.29) is 19.1 Å². The lowest BCUT2D eigenvalue weighted by atomic mass is 10.5. The van der Waals surface area contributed by atoms with E-state index in [1.807, 2.05) is 0 Å². The zero-order valence-corrected chi connectivity index (χ0v) is 11.0. The first-order valence-corrected chi connectivity index (χ1v) is 7.34. The molecule has 0 aromatic rings. The largest absolute Gasteiger partial charge is 0.480 e. The van der Waals surface area contributed by atoms with Gasteiger partial charge < -0.3 is 9.84 Å². The molecular weight excluding hydrogens is 262 g/mol. The molecule has 1 N–H and O–H groups in total. The zero-order chi connectivity index (χ0) is 13.8. The molecule has 0 atom stereocenters. The normalized spacial score (nSPS) is 15.7. The van der Waals surface area contributed by atoms with E-state index in [1.165, 1.54) is 0 Å². The van der Waals surface area contributed by atoms with Gasteiger partial charge in [-0.2, -0.15) is 4.31 Å². The Morgan fingerprint density at radius 1 is 1.39 bits per heavy atom. The van der Waals surface area contributed by atoms with E-state index in [0.717, 1.165) is 4.31 Å². The summed E-state index contributed by atoms with van der Waals surface area (Å²) in [6.45, 7) is 1.28. The topological polar surface area (TPSA) is 101 Å². The van der Waals surface area contributed by atoms with Gasteiger partial charge in [0.05, 0.1) is 18.8 Å². The van der Waals surface area contributed by atoms with Crippen LogP contribution >= 0.6 is 0 Å². The molecule has 0 amide bonds. The molecule has 104 valence electrons. The van der Waals surface area contributed by atoms with Crippen molar-refractivity contribution in [2.75, 3.05) is 18.9 Å². The first-order chi connectivity index (χ1) is 8.36. The van der Waals surface area contributed by atoms with Crippen molar-refractivity contribution < 1.29 is 27.9 Å². The van der Waals surface area contributed by atoms with Crippen LogP contribution in [0.5, 0.6) is 0 Å². The highest BCUT2D eigenvalue weighted by Crippen LogP contribution is 2.29. The molecule has 0 heterocycles.